The summed E-state index contributed by atoms with van der Waals surface area (Å²) in [7, 11) is 0. The van der Waals surface area contributed by atoms with Gasteiger partial charge < -0.3 is 10.2 Å². The molecule has 1 aliphatic heterocycles. The van der Waals surface area contributed by atoms with Crippen LogP contribution in [0.2, 0.25) is 0 Å². The van der Waals surface area contributed by atoms with Crippen LogP contribution in [-0.2, 0) is 0 Å². The first-order valence-corrected chi connectivity index (χ1v) is 8.36. The van der Waals surface area contributed by atoms with Gasteiger partial charge >= 0.3 is 0 Å². The van der Waals surface area contributed by atoms with Gasteiger partial charge in [0.2, 0.25) is 0 Å². The number of hydrogen-bond acceptors (Lipinski definition) is 5. The van der Waals surface area contributed by atoms with Crippen LogP contribution < -0.4 is 10.2 Å². The molecule has 3 heterocycles. The van der Waals surface area contributed by atoms with Gasteiger partial charge in [-0.25, -0.2) is 0 Å². The third kappa shape index (κ3) is 2.37. The molecule has 1 aliphatic carbocycles. The van der Waals surface area contributed by atoms with E-state index in [0.717, 1.165) is 29.5 Å². The average Bonchev–Trinajstić information content (AvgIpc) is 2.89. The van der Waals surface area contributed by atoms with Gasteiger partial charge in [0.1, 0.15) is 0 Å². The first kappa shape index (κ1) is 13.7. The SMILES string of the molecule is Cc1ccc(N2C[C@@H]3C(NC(=O)c4ccc(C)s4)[C@@H]3C2)nn1. The van der Waals surface area contributed by atoms with Crippen molar-refractivity contribution in [3.05, 3.63) is 39.7 Å². The number of piperidine rings is 1. The molecular formula is C16H18N4OS. The highest BCUT2D eigenvalue weighted by Crippen LogP contribution is 2.46. The summed E-state index contributed by atoms with van der Waals surface area (Å²) in [6.07, 6.45) is 0. The molecule has 1 N–H and O–H groups in total. The maximum atomic E-state index is 12.2. The molecule has 0 bridgehead atoms. The van der Waals surface area contributed by atoms with Crippen LogP contribution in [-0.4, -0.2) is 35.2 Å². The summed E-state index contributed by atoms with van der Waals surface area (Å²) < 4.78 is 0. The molecule has 5 nitrogen and oxygen atoms in total. The summed E-state index contributed by atoms with van der Waals surface area (Å²) in [5, 5.41) is 11.5. The van der Waals surface area contributed by atoms with Gasteiger partial charge in [-0.05, 0) is 38.1 Å². The average molecular weight is 314 g/mol. The van der Waals surface area contributed by atoms with Gasteiger partial charge in [-0.15, -0.1) is 16.4 Å². The Balaban J connectivity index is 1.35. The first-order valence-electron chi connectivity index (χ1n) is 7.54. The number of thiophene rings is 1. The number of hydrogen-bond donors (Lipinski definition) is 1. The summed E-state index contributed by atoms with van der Waals surface area (Å²) in [6, 6.07) is 8.23. The Bertz CT molecular complexity index is 699. The minimum absolute atomic E-state index is 0.0687. The van der Waals surface area contributed by atoms with E-state index in [9.17, 15) is 4.79 Å². The van der Waals surface area contributed by atoms with Crippen LogP contribution in [0.15, 0.2) is 24.3 Å². The number of fused-ring (bicyclic) bond motifs is 1. The number of nitrogens with zero attached hydrogens (tertiary/aromatic N) is 3. The van der Waals surface area contributed by atoms with Crippen LogP contribution in [0, 0.1) is 25.7 Å². The quantitative estimate of drug-likeness (QED) is 0.941. The normalized spacial score (nSPS) is 25.9. The topological polar surface area (TPSA) is 58.1 Å². The van der Waals surface area contributed by atoms with E-state index in [0.29, 0.717) is 17.9 Å². The third-order valence-electron chi connectivity index (χ3n) is 4.56. The number of carbonyl (C=O) groups is 1. The lowest BCUT2D eigenvalue weighted by Crippen LogP contribution is -2.34. The van der Waals surface area contributed by atoms with E-state index in [2.05, 4.69) is 20.4 Å². The molecule has 3 atom stereocenters. The maximum Gasteiger partial charge on any atom is 0.261 e. The second kappa shape index (κ2) is 5.05. The largest absolute Gasteiger partial charge is 0.354 e. The van der Waals surface area contributed by atoms with Crippen molar-refractivity contribution in [2.45, 2.75) is 19.9 Å². The number of rotatable bonds is 3. The summed E-state index contributed by atoms with van der Waals surface area (Å²) in [5.74, 6) is 2.11. The fraction of sp³-hybridized carbons (Fsp3) is 0.438. The Labute approximate surface area is 133 Å². The number of carbonyl (C=O) groups excluding carboxylic acids is 1. The predicted molar refractivity (Wildman–Crippen MR) is 86.3 cm³/mol. The number of amides is 1. The summed E-state index contributed by atoms with van der Waals surface area (Å²) in [6.45, 7) is 5.87. The zero-order chi connectivity index (χ0) is 15.3. The molecular weight excluding hydrogens is 296 g/mol. The molecule has 2 aliphatic rings. The molecule has 2 fully saturated rings. The predicted octanol–water partition coefficient (Wildman–Crippen LogP) is 2.02. The number of aryl methyl sites for hydroxylation is 2. The second-order valence-corrected chi connectivity index (χ2v) is 7.46. The summed E-state index contributed by atoms with van der Waals surface area (Å²) >= 11 is 1.55. The number of nitrogens with one attached hydrogen (secondary N) is 1. The summed E-state index contributed by atoms with van der Waals surface area (Å²) in [5.41, 5.74) is 0.935. The standard InChI is InChI=1S/C16H18N4OS/c1-9-3-6-14(19-18-9)20-7-11-12(8-20)15(11)17-16(21)13-5-4-10(2)22-13/h3-6,11-12,15H,7-8H2,1-2H3,(H,17,21)/t11-,12+,15?. The minimum Gasteiger partial charge on any atom is -0.354 e. The highest BCUT2D eigenvalue weighted by atomic mass is 32.1. The molecule has 6 heteroatoms. The minimum atomic E-state index is 0.0687. The van der Waals surface area contributed by atoms with Gasteiger partial charge in [0.25, 0.3) is 5.91 Å². The van der Waals surface area contributed by atoms with Crippen molar-refractivity contribution >= 4 is 23.1 Å². The van der Waals surface area contributed by atoms with E-state index >= 15 is 0 Å². The van der Waals surface area contributed by atoms with Crippen LogP contribution in [0.5, 0.6) is 0 Å². The lowest BCUT2D eigenvalue weighted by molar-refractivity contribution is 0.0951. The van der Waals surface area contributed by atoms with E-state index in [1.807, 2.05) is 38.1 Å². The van der Waals surface area contributed by atoms with Crippen molar-refractivity contribution in [1.29, 1.82) is 0 Å². The van der Waals surface area contributed by atoms with Crippen molar-refractivity contribution in [2.75, 3.05) is 18.0 Å². The van der Waals surface area contributed by atoms with Crippen molar-refractivity contribution in [1.82, 2.24) is 15.5 Å². The van der Waals surface area contributed by atoms with Crippen molar-refractivity contribution in [3.63, 3.8) is 0 Å². The number of anilines is 1. The van der Waals surface area contributed by atoms with Crippen LogP contribution in [0.1, 0.15) is 20.2 Å². The third-order valence-corrected chi connectivity index (χ3v) is 5.56. The molecule has 0 spiro atoms. The van der Waals surface area contributed by atoms with Gasteiger partial charge in [0.05, 0.1) is 10.6 Å². The van der Waals surface area contributed by atoms with Gasteiger partial charge in [-0.1, -0.05) is 0 Å². The zero-order valence-electron chi connectivity index (χ0n) is 12.6. The Hall–Kier alpha value is -1.95. The zero-order valence-corrected chi connectivity index (χ0v) is 13.4. The van der Waals surface area contributed by atoms with Gasteiger partial charge in [-0.2, -0.15) is 5.10 Å². The summed E-state index contributed by atoms with van der Waals surface area (Å²) in [4.78, 5) is 16.4. The maximum absolute atomic E-state index is 12.2. The van der Waals surface area contributed by atoms with E-state index in [1.165, 1.54) is 4.88 Å². The smallest absolute Gasteiger partial charge is 0.261 e. The lowest BCUT2D eigenvalue weighted by Gasteiger charge is -2.20. The Morgan fingerprint density at radius 3 is 2.55 bits per heavy atom. The van der Waals surface area contributed by atoms with Gasteiger partial charge in [-0.3, -0.25) is 4.79 Å². The van der Waals surface area contributed by atoms with E-state index in [-0.39, 0.29) is 5.91 Å². The second-order valence-electron chi connectivity index (χ2n) is 6.18. The van der Waals surface area contributed by atoms with Crippen LogP contribution >= 0.6 is 11.3 Å². The molecule has 0 aromatic carbocycles. The molecule has 0 radical (unpaired) electrons. The Morgan fingerprint density at radius 2 is 1.95 bits per heavy atom. The van der Waals surface area contributed by atoms with E-state index in [4.69, 9.17) is 0 Å². The molecule has 114 valence electrons. The van der Waals surface area contributed by atoms with Crippen molar-refractivity contribution in [2.24, 2.45) is 11.8 Å². The molecule has 22 heavy (non-hydrogen) atoms. The van der Waals surface area contributed by atoms with E-state index in [1.54, 1.807) is 11.3 Å². The van der Waals surface area contributed by atoms with Gasteiger partial charge in [0.15, 0.2) is 5.82 Å². The molecule has 1 saturated carbocycles. The fourth-order valence-electron chi connectivity index (χ4n) is 3.27. The van der Waals surface area contributed by atoms with Crippen molar-refractivity contribution in [3.8, 4) is 0 Å². The molecule has 1 unspecified atom stereocenters. The molecule has 4 rings (SSSR count). The molecule has 1 amide bonds. The van der Waals surface area contributed by atoms with Crippen LogP contribution in [0.3, 0.4) is 0 Å². The Morgan fingerprint density at radius 1 is 1.18 bits per heavy atom. The van der Waals surface area contributed by atoms with Crippen LogP contribution in [0.4, 0.5) is 5.82 Å². The molecule has 1 saturated heterocycles. The highest BCUT2D eigenvalue weighted by molar-refractivity contribution is 7.13. The lowest BCUT2D eigenvalue weighted by atomic mass is 10.3. The number of aromatic nitrogens is 2. The highest BCUT2D eigenvalue weighted by Gasteiger charge is 2.56. The van der Waals surface area contributed by atoms with E-state index < -0.39 is 0 Å². The fourth-order valence-corrected chi connectivity index (χ4v) is 4.04. The Kier molecular flexibility index (Phi) is 3.14. The van der Waals surface area contributed by atoms with Gasteiger partial charge in [0, 0.05) is 35.8 Å². The molecule has 2 aromatic heterocycles. The first-order chi connectivity index (χ1) is 10.6. The van der Waals surface area contributed by atoms with Crippen LogP contribution in [0.25, 0.3) is 0 Å². The van der Waals surface area contributed by atoms with Crippen molar-refractivity contribution < 1.29 is 4.79 Å². The molecule has 2 aromatic rings. The monoisotopic (exact) mass is 314 g/mol.